The lowest BCUT2D eigenvalue weighted by Gasteiger charge is -2.35. The summed E-state index contributed by atoms with van der Waals surface area (Å²) < 4.78 is 1.87. The number of carbonyl (C=O) groups is 1. The number of benzene rings is 1. The molecule has 1 fully saturated rings. The van der Waals surface area contributed by atoms with Gasteiger partial charge in [-0.1, -0.05) is 30.7 Å². The van der Waals surface area contributed by atoms with E-state index < -0.39 is 0 Å². The number of aromatic nitrogens is 3. The van der Waals surface area contributed by atoms with Crippen molar-refractivity contribution in [3.63, 3.8) is 0 Å². The SMILES string of the molecule is CCC1CCCCN1C(=O)Cc1c(C)nn(-c2nc(-c3ccc(Cl)cc3)cs2)c1C. The van der Waals surface area contributed by atoms with Crippen LogP contribution in [0.5, 0.6) is 0 Å². The molecule has 30 heavy (non-hydrogen) atoms. The highest BCUT2D eigenvalue weighted by molar-refractivity contribution is 7.12. The van der Waals surface area contributed by atoms with E-state index in [1.54, 1.807) is 11.3 Å². The molecule has 158 valence electrons. The fourth-order valence-electron chi connectivity index (χ4n) is 4.24. The van der Waals surface area contributed by atoms with Gasteiger partial charge in [0.05, 0.1) is 17.8 Å². The van der Waals surface area contributed by atoms with Gasteiger partial charge in [-0.2, -0.15) is 5.10 Å². The molecule has 0 saturated carbocycles. The van der Waals surface area contributed by atoms with Gasteiger partial charge in [0.25, 0.3) is 0 Å². The van der Waals surface area contributed by atoms with Gasteiger partial charge in [0.1, 0.15) is 0 Å². The molecule has 2 aromatic heterocycles. The van der Waals surface area contributed by atoms with Gasteiger partial charge in [0.2, 0.25) is 11.0 Å². The number of hydrogen-bond acceptors (Lipinski definition) is 4. The third-order valence-electron chi connectivity index (χ3n) is 6.00. The summed E-state index contributed by atoms with van der Waals surface area (Å²) in [6.07, 6.45) is 4.87. The third-order valence-corrected chi connectivity index (χ3v) is 7.07. The van der Waals surface area contributed by atoms with Crippen LogP contribution in [-0.4, -0.2) is 38.2 Å². The molecular formula is C23H27ClN4OS. The zero-order valence-corrected chi connectivity index (χ0v) is 19.3. The van der Waals surface area contributed by atoms with Crippen LogP contribution in [0.4, 0.5) is 0 Å². The number of amides is 1. The van der Waals surface area contributed by atoms with Crippen LogP contribution in [0.15, 0.2) is 29.6 Å². The number of halogens is 1. The second-order valence-corrected chi connectivity index (χ2v) is 9.18. The van der Waals surface area contributed by atoms with Gasteiger partial charge in [0, 0.05) is 39.8 Å². The van der Waals surface area contributed by atoms with Gasteiger partial charge in [-0.05, 0) is 51.7 Å². The van der Waals surface area contributed by atoms with Crippen LogP contribution in [0.25, 0.3) is 16.4 Å². The Bertz CT molecular complexity index is 1040. The zero-order valence-electron chi connectivity index (χ0n) is 17.7. The summed E-state index contributed by atoms with van der Waals surface area (Å²) in [7, 11) is 0. The topological polar surface area (TPSA) is 51.0 Å². The molecule has 0 aliphatic carbocycles. The predicted octanol–water partition coefficient (Wildman–Crippen LogP) is 5.60. The van der Waals surface area contributed by atoms with E-state index in [0.717, 1.165) is 59.1 Å². The van der Waals surface area contributed by atoms with Crippen molar-refractivity contribution in [2.75, 3.05) is 6.54 Å². The van der Waals surface area contributed by atoms with Crippen LogP contribution in [-0.2, 0) is 11.2 Å². The van der Waals surface area contributed by atoms with Gasteiger partial charge in [-0.25, -0.2) is 9.67 Å². The van der Waals surface area contributed by atoms with Crippen molar-refractivity contribution in [1.82, 2.24) is 19.7 Å². The van der Waals surface area contributed by atoms with Crippen molar-refractivity contribution in [2.45, 2.75) is 58.9 Å². The Morgan fingerprint density at radius 1 is 1.23 bits per heavy atom. The second kappa shape index (κ2) is 8.90. The van der Waals surface area contributed by atoms with Crippen LogP contribution >= 0.6 is 22.9 Å². The molecule has 1 amide bonds. The van der Waals surface area contributed by atoms with Gasteiger partial charge in [-0.3, -0.25) is 4.79 Å². The molecule has 0 spiro atoms. The Kier molecular flexibility index (Phi) is 6.25. The number of rotatable bonds is 5. The minimum absolute atomic E-state index is 0.216. The summed E-state index contributed by atoms with van der Waals surface area (Å²) in [6, 6.07) is 8.05. The molecule has 1 aliphatic heterocycles. The van der Waals surface area contributed by atoms with Crippen LogP contribution in [0.3, 0.4) is 0 Å². The first-order valence-electron chi connectivity index (χ1n) is 10.5. The third kappa shape index (κ3) is 4.16. The van der Waals surface area contributed by atoms with Crippen LogP contribution < -0.4 is 0 Å². The summed E-state index contributed by atoms with van der Waals surface area (Å²) in [6.45, 7) is 7.05. The minimum Gasteiger partial charge on any atom is -0.339 e. The summed E-state index contributed by atoms with van der Waals surface area (Å²) in [5.74, 6) is 0.216. The number of thiazole rings is 1. The van der Waals surface area contributed by atoms with Crippen molar-refractivity contribution in [3.8, 4) is 16.4 Å². The highest BCUT2D eigenvalue weighted by atomic mass is 35.5. The summed E-state index contributed by atoms with van der Waals surface area (Å²) in [5, 5.41) is 8.26. The van der Waals surface area contributed by atoms with Gasteiger partial charge >= 0.3 is 0 Å². The molecule has 0 radical (unpaired) electrons. The van der Waals surface area contributed by atoms with E-state index >= 15 is 0 Å². The van der Waals surface area contributed by atoms with E-state index in [-0.39, 0.29) is 5.91 Å². The molecule has 3 heterocycles. The number of aryl methyl sites for hydroxylation is 1. The molecule has 1 aliphatic rings. The summed E-state index contributed by atoms with van der Waals surface area (Å²) >= 11 is 7.54. The van der Waals surface area contributed by atoms with E-state index in [2.05, 4.69) is 11.8 Å². The molecule has 1 saturated heterocycles. The lowest BCUT2D eigenvalue weighted by molar-refractivity contribution is -0.134. The molecule has 7 heteroatoms. The standard InChI is InChI=1S/C23H27ClN4OS/c1-4-19-7-5-6-12-27(19)22(29)13-20-15(2)26-28(16(20)3)23-25-21(14-30-23)17-8-10-18(24)11-9-17/h8-11,14,19H,4-7,12-13H2,1-3H3. The first kappa shape index (κ1) is 21.1. The molecular weight excluding hydrogens is 416 g/mol. The monoisotopic (exact) mass is 442 g/mol. The quantitative estimate of drug-likeness (QED) is 0.516. The summed E-state index contributed by atoms with van der Waals surface area (Å²) in [4.78, 5) is 19.9. The predicted molar refractivity (Wildman–Crippen MR) is 123 cm³/mol. The normalized spacial score (nSPS) is 16.8. The maximum atomic E-state index is 13.1. The fourth-order valence-corrected chi connectivity index (χ4v) is 5.20. The average molecular weight is 443 g/mol. The Morgan fingerprint density at radius 3 is 2.73 bits per heavy atom. The van der Waals surface area contributed by atoms with E-state index in [9.17, 15) is 4.79 Å². The fraction of sp³-hybridized carbons (Fsp3) is 0.435. The second-order valence-electron chi connectivity index (χ2n) is 7.91. The number of nitrogens with zero attached hydrogens (tertiary/aromatic N) is 4. The van der Waals surface area contributed by atoms with Gasteiger partial charge < -0.3 is 4.90 Å². The van der Waals surface area contributed by atoms with Crippen molar-refractivity contribution >= 4 is 28.8 Å². The Hall–Kier alpha value is -2.18. The van der Waals surface area contributed by atoms with Crippen molar-refractivity contribution < 1.29 is 4.79 Å². The van der Waals surface area contributed by atoms with Crippen molar-refractivity contribution in [2.24, 2.45) is 0 Å². The van der Waals surface area contributed by atoms with Crippen LogP contribution in [0.1, 0.15) is 49.6 Å². The van der Waals surface area contributed by atoms with Gasteiger partial charge in [0.15, 0.2) is 0 Å². The minimum atomic E-state index is 0.216. The van der Waals surface area contributed by atoms with Crippen LogP contribution in [0, 0.1) is 13.8 Å². The average Bonchev–Trinajstić information content (AvgIpc) is 3.34. The largest absolute Gasteiger partial charge is 0.339 e. The first-order chi connectivity index (χ1) is 14.5. The maximum Gasteiger partial charge on any atom is 0.227 e. The number of piperidine rings is 1. The number of carbonyl (C=O) groups excluding carboxylic acids is 1. The van der Waals surface area contributed by atoms with Crippen molar-refractivity contribution in [1.29, 1.82) is 0 Å². The molecule has 1 atom stereocenters. The number of likely N-dealkylation sites (tertiary alicyclic amines) is 1. The highest BCUT2D eigenvalue weighted by Gasteiger charge is 2.27. The number of hydrogen-bond donors (Lipinski definition) is 0. The van der Waals surface area contributed by atoms with Crippen molar-refractivity contribution in [3.05, 3.63) is 51.6 Å². The lowest BCUT2D eigenvalue weighted by atomic mass is 9.98. The Labute approximate surface area is 186 Å². The molecule has 1 unspecified atom stereocenters. The molecule has 0 bridgehead atoms. The van der Waals surface area contributed by atoms with Crippen LogP contribution in [0.2, 0.25) is 5.02 Å². The Morgan fingerprint density at radius 2 is 2.00 bits per heavy atom. The molecule has 0 N–H and O–H groups in total. The molecule has 5 nitrogen and oxygen atoms in total. The smallest absolute Gasteiger partial charge is 0.227 e. The van der Waals surface area contributed by atoms with E-state index in [4.69, 9.17) is 21.7 Å². The molecule has 3 aromatic rings. The molecule has 1 aromatic carbocycles. The maximum absolute atomic E-state index is 13.1. The lowest BCUT2D eigenvalue weighted by Crippen LogP contribution is -2.44. The molecule has 4 rings (SSSR count). The Balaban J connectivity index is 1.57. The van der Waals surface area contributed by atoms with E-state index in [1.165, 1.54) is 6.42 Å². The highest BCUT2D eigenvalue weighted by Crippen LogP contribution is 2.28. The summed E-state index contributed by atoms with van der Waals surface area (Å²) in [5.41, 5.74) is 4.83. The first-order valence-corrected chi connectivity index (χ1v) is 11.8. The zero-order chi connectivity index (χ0) is 21.3. The van der Waals surface area contributed by atoms with E-state index in [1.807, 2.05) is 48.2 Å². The van der Waals surface area contributed by atoms with Gasteiger partial charge in [-0.15, -0.1) is 11.3 Å². The van der Waals surface area contributed by atoms with E-state index in [0.29, 0.717) is 17.5 Å².